The number of hydrogen-bond acceptors (Lipinski definition) is 7. The Morgan fingerprint density at radius 2 is 1.36 bits per heavy atom. The lowest BCUT2D eigenvalue weighted by Crippen LogP contribution is -2.38. The molecule has 3 rings (SSSR count). The summed E-state index contributed by atoms with van der Waals surface area (Å²) in [5, 5.41) is 0. The molecule has 5 atom stereocenters. The average Bonchev–Trinajstić information content (AvgIpc) is 3.61. The van der Waals surface area contributed by atoms with Crippen molar-refractivity contribution in [1.29, 1.82) is 0 Å². The summed E-state index contributed by atoms with van der Waals surface area (Å²) in [4.78, 5) is 36.3. The van der Waals surface area contributed by atoms with E-state index in [2.05, 4.69) is 0 Å². The van der Waals surface area contributed by atoms with Gasteiger partial charge in [-0.1, -0.05) is 0 Å². The van der Waals surface area contributed by atoms with Crippen LogP contribution in [0.2, 0.25) is 0 Å². The fourth-order valence-corrected chi connectivity index (χ4v) is 3.85. The van der Waals surface area contributed by atoms with E-state index in [1.54, 1.807) is 0 Å². The minimum atomic E-state index is -0.580. The number of esters is 2. The number of aldehydes is 1. The van der Waals surface area contributed by atoms with Crippen LogP contribution in [0.25, 0.3) is 0 Å². The van der Waals surface area contributed by atoms with E-state index < -0.39 is 11.8 Å². The van der Waals surface area contributed by atoms with Crippen LogP contribution in [0.3, 0.4) is 0 Å². The number of rotatable bonds is 13. The molecule has 0 aromatic carbocycles. The van der Waals surface area contributed by atoms with Gasteiger partial charge in [-0.2, -0.15) is 0 Å². The third-order valence-electron chi connectivity index (χ3n) is 5.82. The molecule has 0 N–H and O–H groups in total. The highest BCUT2D eigenvalue weighted by molar-refractivity contribution is 5.82. The molecule has 0 bridgehead atoms. The van der Waals surface area contributed by atoms with Crippen molar-refractivity contribution in [2.24, 2.45) is 17.8 Å². The second-order valence-corrected chi connectivity index (χ2v) is 8.16. The highest BCUT2D eigenvalue weighted by Crippen LogP contribution is 2.35. The highest BCUT2D eigenvalue weighted by Gasteiger charge is 2.41. The van der Waals surface area contributed by atoms with E-state index in [1.165, 1.54) is 0 Å². The van der Waals surface area contributed by atoms with Crippen molar-refractivity contribution in [3.05, 3.63) is 0 Å². The van der Waals surface area contributed by atoms with Crippen molar-refractivity contribution in [2.45, 2.75) is 70.0 Å². The first-order valence-corrected chi connectivity index (χ1v) is 10.7. The molecule has 3 aliphatic rings. The number of ether oxygens (including phenoxy) is 4. The van der Waals surface area contributed by atoms with Crippen molar-refractivity contribution in [2.75, 3.05) is 26.4 Å². The number of carbonyl (C=O) groups is 3. The predicted octanol–water partition coefficient (Wildman–Crippen LogP) is 2.44. The summed E-state index contributed by atoms with van der Waals surface area (Å²) in [6.45, 7) is 2.40. The Balaban J connectivity index is 1.39. The van der Waals surface area contributed by atoms with Crippen LogP contribution in [-0.2, 0) is 33.3 Å². The summed E-state index contributed by atoms with van der Waals surface area (Å²) in [5.41, 5.74) is 0. The van der Waals surface area contributed by atoms with Gasteiger partial charge in [0.15, 0.2) is 0 Å². The lowest BCUT2D eigenvalue weighted by Gasteiger charge is -2.31. The van der Waals surface area contributed by atoms with Crippen molar-refractivity contribution in [3.8, 4) is 0 Å². The number of epoxide rings is 2. The van der Waals surface area contributed by atoms with Gasteiger partial charge in [0.2, 0.25) is 0 Å². The lowest BCUT2D eigenvalue weighted by atomic mass is 9.74. The van der Waals surface area contributed by atoms with E-state index in [9.17, 15) is 14.4 Å². The van der Waals surface area contributed by atoms with E-state index in [0.717, 1.165) is 58.0 Å². The Morgan fingerprint density at radius 3 is 1.86 bits per heavy atom. The highest BCUT2D eigenvalue weighted by atomic mass is 16.6. The molecule has 0 aromatic rings. The Bertz CT molecular complexity index is 527. The molecule has 7 nitrogen and oxygen atoms in total. The molecular weight excluding hydrogens is 364 g/mol. The Morgan fingerprint density at radius 1 is 0.821 bits per heavy atom. The first-order valence-electron chi connectivity index (χ1n) is 10.7. The largest absolute Gasteiger partial charge is 0.465 e. The molecule has 2 aliphatic heterocycles. The van der Waals surface area contributed by atoms with Crippen molar-refractivity contribution >= 4 is 18.2 Å². The van der Waals surface area contributed by atoms with Crippen LogP contribution in [0, 0.1) is 17.8 Å². The molecule has 158 valence electrons. The molecular formula is C21H32O7. The van der Waals surface area contributed by atoms with Crippen LogP contribution >= 0.6 is 0 Å². The second kappa shape index (κ2) is 10.9. The molecule has 1 aliphatic carbocycles. The second-order valence-electron chi connectivity index (χ2n) is 8.16. The predicted molar refractivity (Wildman–Crippen MR) is 99.5 cm³/mol. The van der Waals surface area contributed by atoms with Crippen LogP contribution in [0.15, 0.2) is 0 Å². The number of hydrogen-bond donors (Lipinski definition) is 0. The fourth-order valence-electron chi connectivity index (χ4n) is 3.85. The van der Waals surface area contributed by atoms with Gasteiger partial charge < -0.3 is 23.7 Å². The van der Waals surface area contributed by atoms with Crippen LogP contribution in [0.1, 0.15) is 57.8 Å². The van der Waals surface area contributed by atoms with Gasteiger partial charge in [-0.15, -0.1) is 0 Å². The lowest BCUT2D eigenvalue weighted by molar-refractivity contribution is -0.164. The smallest absolute Gasteiger partial charge is 0.309 e. The van der Waals surface area contributed by atoms with E-state index in [-0.39, 0.29) is 17.9 Å². The summed E-state index contributed by atoms with van der Waals surface area (Å²) < 4.78 is 21.2. The van der Waals surface area contributed by atoms with Crippen molar-refractivity contribution in [3.63, 3.8) is 0 Å². The zero-order valence-electron chi connectivity index (χ0n) is 16.5. The van der Waals surface area contributed by atoms with Crippen molar-refractivity contribution in [1.82, 2.24) is 0 Å². The zero-order valence-corrected chi connectivity index (χ0v) is 16.5. The molecule has 7 heteroatoms. The monoisotopic (exact) mass is 396 g/mol. The number of carbonyl (C=O) groups excluding carboxylic acids is 3. The van der Waals surface area contributed by atoms with Gasteiger partial charge in [-0.05, 0) is 57.8 Å². The Hall–Kier alpha value is -1.47. The molecule has 1 saturated carbocycles. The molecule has 5 unspecified atom stereocenters. The molecule has 0 amide bonds. The van der Waals surface area contributed by atoms with Gasteiger partial charge in [0.05, 0.1) is 50.5 Å². The quantitative estimate of drug-likeness (QED) is 0.204. The van der Waals surface area contributed by atoms with Crippen LogP contribution in [0.4, 0.5) is 0 Å². The van der Waals surface area contributed by atoms with Gasteiger partial charge in [0.25, 0.3) is 0 Å². The van der Waals surface area contributed by atoms with Crippen molar-refractivity contribution < 1.29 is 33.3 Å². The van der Waals surface area contributed by atoms with Gasteiger partial charge in [0, 0.05) is 5.92 Å². The maximum absolute atomic E-state index is 12.6. The first-order chi connectivity index (χ1) is 13.7. The summed E-state index contributed by atoms with van der Waals surface area (Å²) in [6, 6.07) is 0. The first kappa shape index (κ1) is 21.2. The minimum absolute atomic E-state index is 0.188. The van der Waals surface area contributed by atoms with Crippen LogP contribution in [0.5, 0.6) is 0 Å². The molecule has 0 spiro atoms. The Labute approximate surface area is 166 Å². The van der Waals surface area contributed by atoms with Gasteiger partial charge >= 0.3 is 11.9 Å². The fraction of sp³-hybridized carbons (Fsp3) is 0.857. The maximum Gasteiger partial charge on any atom is 0.309 e. The van der Waals surface area contributed by atoms with E-state index in [4.69, 9.17) is 18.9 Å². The topological polar surface area (TPSA) is 94.7 Å². The number of unbranched alkanes of at least 4 members (excludes halogenated alkanes) is 2. The molecule has 2 saturated heterocycles. The third kappa shape index (κ3) is 7.17. The average molecular weight is 396 g/mol. The van der Waals surface area contributed by atoms with Crippen LogP contribution < -0.4 is 0 Å². The minimum Gasteiger partial charge on any atom is -0.465 e. The van der Waals surface area contributed by atoms with E-state index in [1.807, 2.05) is 0 Å². The molecule has 0 radical (unpaired) electrons. The van der Waals surface area contributed by atoms with Gasteiger partial charge in [0.1, 0.15) is 6.29 Å². The normalized spacial score (nSPS) is 31.1. The maximum atomic E-state index is 12.6. The summed E-state index contributed by atoms with van der Waals surface area (Å²) in [6.07, 6.45) is 8.66. The SMILES string of the molecule is O=CC1CCC(C(=O)OCCCCC2CO2)C(C(=O)OCCCCC2CO2)C1. The summed E-state index contributed by atoms with van der Waals surface area (Å²) in [7, 11) is 0. The van der Waals surface area contributed by atoms with E-state index in [0.29, 0.717) is 44.7 Å². The Kier molecular flexibility index (Phi) is 8.27. The molecule has 0 aromatic heterocycles. The zero-order chi connectivity index (χ0) is 19.8. The van der Waals surface area contributed by atoms with Gasteiger partial charge in [-0.3, -0.25) is 9.59 Å². The molecule has 3 fully saturated rings. The van der Waals surface area contributed by atoms with E-state index >= 15 is 0 Å². The van der Waals surface area contributed by atoms with Gasteiger partial charge in [-0.25, -0.2) is 0 Å². The van der Waals surface area contributed by atoms with Crippen LogP contribution in [-0.4, -0.2) is 56.9 Å². The molecule has 28 heavy (non-hydrogen) atoms. The molecule has 2 heterocycles. The summed E-state index contributed by atoms with van der Waals surface area (Å²) in [5.74, 6) is -1.98. The summed E-state index contributed by atoms with van der Waals surface area (Å²) >= 11 is 0. The standard InChI is InChI=1S/C21H32O7/c22-12-15-7-8-18(20(23)25-9-3-1-5-16-13-27-16)19(11-15)21(24)26-10-4-2-6-17-14-28-17/h12,15-19H,1-11,13-14H2. The third-order valence-corrected chi connectivity index (χ3v) is 5.82.